The Labute approximate surface area is 205 Å². The summed E-state index contributed by atoms with van der Waals surface area (Å²) in [6, 6.07) is -4.68. The second kappa shape index (κ2) is 14.1. The largest absolute Gasteiger partial charge is 0.480 e. The van der Waals surface area contributed by atoms with Gasteiger partial charge in [-0.2, -0.15) is 11.8 Å². The number of carbonyl (C=O) groups excluding carboxylic acids is 3. The third kappa shape index (κ3) is 9.03. The number of aliphatic carboxylic acids is 1. The molecule has 4 unspecified atom stereocenters. The van der Waals surface area contributed by atoms with Gasteiger partial charge in [-0.25, -0.2) is 14.8 Å². The molecule has 2 aromatic heterocycles. The summed E-state index contributed by atoms with van der Waals surface area (Å²) in [6.07, 6.45) is 8.13. The van der Waals surface area contributed by atoms with Crippen LogP contribution in [0.25, 0.3) is 0 Å². The normalized spacial score (nSPS) is 14.4. The zero-order valence-corrected chi connectivity index (χ0v) is 19.9. The predicted octanol–water partition coefficient (Wildman–Crippen LogP) is -2.47. The Morgan fingerprint density at radius 3 is 2.00 bits per heavy atom. The SMILES string of the molecule is CSCCC(NC(=O)C(Cc1cnc[nH]1)NC(=O)C(N)Cc1cnc[nH]1)C(=O)NC(CO)C(=O)O. The van der Waals surface area contributed by atoms with Crippen LogP contribution >= 0.6 is 11.8 Å². The van der Waals surface area contributed by atoms with E-state index in [-0.39, 0.29) is 19.3 Å². The van der Waals surface area contributed by atoms with Crippen molar-refractivity contribution in [2.45, 2.75) is 43.4 Å². The Kier molecular flexibility index (Phi) is 11.2. The van der Waals surface area contributed by atoms with E-state index in [1.807, 2.05) is 6.26 Å². The first kappa shape index (κ1) is 27.8. The summed E-state index contributed by atoms with van der Waals surface area (Å²) in [7, 11) is 0. The van der Waals surface area contributed by atoms with E-state index in [9.17, 15) is 24.3 Å². The molecule has 4 atom stereocenters. The number of rotatable bonds is 15. The number of imidazole rings is 2. The first-order valence-electron chi connectivity index (χ1n) is 10.7. The lowest BCUT2D eigenvalue weighted by Crippen LogP contribution is -2.58. The molecule has 9 N–H and O–H groups in total. The lowest BCUT2D eigenvalue weighted by Gasteiger charge is -2.24. The first-order chi connectivity index (χ1) is 16.7. The number of aromatic amines is 2. The topological polar surface area (TPSA) is 228 Å². The quantitative estimate of drug-likeness (QED) is 0.126. The van der Waals surface area contributed by atoms with Gasteiger partial charge < -0.3 is 41.9 Å². The lowest BCUT2D eigenvalue weighted by atomic mass is 10.1. The van der Waals surface area contributed by atoms with Crippen LogP contribution in [0.1, 0.15) is 17.8 Å². The summed E-state index contributed by atoms with van der Waals surface area (Å²) in [5.74, 6) is -2.95. The molecule has 0 saturated carbocycles. The van der Waals surface area contributed by atoms with Crippen LogP contribution in [0, 0.1) is 0 Å². The second-order valence-electron chi connectivity index (χ2n) is 7.65. The molecule has 0 aromatic carbocycles. The molecule has 0 radical (unpaired) electrons. The van der Waals surface area contributed by atoms with Gasteiger partial charge in [0, 0.05) is 36.6 Å². The molecular formula is C20H30N8O6S. The first-order valence-corrected chi connectivity index (χ1v) is 12.1. The van der Waals surface area contributed by atoms with Crippen molar-refractivity contribution in [1.29, 1.82) is 0 Å². The van der Waals surface area contributed by atoms with Crippen molar-refractivity contribution < 1.29 is 29.4 Å². The molecule has 0 aliphatic rings. The van der Waals surface area contributed by atoms with Gasteiger partial charge in [0.05, 0.1) is 25.3 Å². The van der Waals surface area contributed by atoms with Gasteiger partial charge in [0.15, 0.2) is 0 Å². The Balaban J connectivity index is 2.13. The molecule has 192 valence electrons. The number of amides is 3. The number of carboxylic acids is 1. The van der Waals surface area contributed by atoms with Crippen LogP contribution in [-0.4, -0.2) is 96.6 Å². The minimum Gasteiger partial charge on any atom is -0.480 e. The standard InChI is InChI=1S/C20H30N8O6S/c1-35-3-2-14(18(31)28-16(8-29)20(33)34)26-19(32)15(5-12-7-23-10-25-12)27-17(30)13(21)4-11-6-22-9-24-11/h6-7,9-10,13-16,29H,2-5,8,21H2,1H3,(H,22,24)(H,23,25)(H,26,32)(H,27,30)(H,28,31)(H,33,34). The van der Waals surface area contributed by atoms with Crippen molar-refractivity contribution >= 4 is 35.5 Å². The molecule has 3 amide bonds. The number of nitrogens with one attached hydrogen (secondary N) is 5. The molecule has 0 bridgehead atoms. The molecule has 0 spiro atoms. The van der Waals surface area contributed by atoms with Crippen molar-refractivity contribution in [3.05, 3.63) is 36.4 Å². The molecule has 15 heteroatoms. The number of carbonyl (C=O) groups is 4. The van der Waals surface area contributed by atoms with E-state index in [1.54, 1.807) is 0 Å². The molecule has 2 heterocycles. The van der Waals surface area contributed by atoms with Crippen LogP contribution in [0.3, 0.4) is 0 Å². The number of aliphatic hydroxyl groups excluding tert-OH is 1. The highest BCUT2D eigenvalue weighted by atomic mass is 32.2. The van der Waals surface area contributed by atoms with Gasteiger partial charge >= 0.3 is 5.97 Å². The second-order valence-corrected chi connectivity index (χ2v) is 8.64. The maximum absolute atomic E-state index is 13.1. The Hall–Kier alpha value is -3.43. The fraction of sp³-hybridized carbons (Fsp3) is 0.500. The number of hydrogen-bond acceptors (Lipinski definition) is 9. The molecule has 2 rings (SSSR count). The Bertz CT molecular complexity index is 955. The van der Waals surface area contributed by atoms with Crippen molar-refractivity contribution in [1.82, 2.24) is 35.9 Å². The van der Waals surface area contributed by atoms with Gasteiger partial charge in [-0.05, 0) is 18.4 Å². The Morgan fingerprint density at radius 1 is 0.943 bits per heavy atom. The minimum absolute atomic E-state index is 0.0413. The number of nitrogens with two attached hydrogens (primary N) is 1. The van der Waals surface area contributed by atoms with Crippen LogP contribution in [0.15, 0.2) is 25.0 Å². The molecule has 0 aliphatic carbocycles. The summed E-state index contributed by atoms with van der Waals surface area (Å²) in [5.41, 5.74) is 7.19. The van der Waals surface area contributed by atoms with Gasteiger partial charge in [0.2, 0.25) is 17.7 Å². The summed E-state index contributed by atoms with van der Waals surface area (Å²) in [6.45, 7) is -0.809. The fourth-order valence-corrected chi connectivity index (χ4v) is 3.54. The van der Waals surface area contributed by atoms with Gasteiger partial charge in [0.25, 0.3) is 0 Å². The van der Waals surface area contributed by atoms with E-state index in [2.05, 4.69) is 35.9 Å². The highest BCUT2D eigenvalue weighted by Crippen LogP contribution is 2.06. The molecule has 0 aliphatic heterocycles. The van der Waals surface area contributed by atoms with Gasteiger partial charge in [-0.15, -0.1) is 0 Å². The van der Waals surface area contributed by atoms with E-state index in [1.165, 1.54) is 36.8 Å². The monoisotopic (exact) mass is 510 g/mol. The molecule has 35 heavy (non-hydrogen) atoms. The van der Waals surface area contributed by atoms with Crippen molar-refractivity contribution in [2.24, 2.45) is 5.73 Å². The number of H-pyrrole nitrogens is 2. The number of aliphatic hydroxyl groups is 1. The molecule has 0 saturated heterocycles. The molecule has 2 aromatic rings. The minimum atomic E-state index is -1.52. The van der Waals surface area contributed by atoms with E-state index < -0.39 is 54.5 Å². The van der Waals surface area contributed by atoms with Crippen molar-refractivity contribution in [3.63, 3.8) is 0 Å². The highest BCUT2D eigenvalue weighted by molar-refractivity contribution is 7.98. The van der Waals surface area contributed by atoms with Crippen LogP contribution in [0.2, 0.25) is 0 Å². The van der Waals surface area contributed by atoms with Crippen LogP contribution in [0.5, 0.6) is 0 Å². The summed E-state index contributed by atoms with van der Waals surface area (Å²) in [5, 5.41) is 25.7. The molecular weight excluding hydrogens is 480 g/mol. The Morgan fingerprint density at radius 2 is 1.49 bits per heavy atom. The smallest absolute Gasteiger partial charge is 0.328 e. The molecule has 0 fully saturated rings. The third-order valence-corrected chi connectivity index (χ3v) is 5.63. The summed E-state index contributed by atoms with van der Waals surface area (Å²) in [4.78, 5) is 63.2. The average Bonchev–Trinajstić information content (AvgIpc) is 3.53. The van der Waals surface area contributed by atoms with E-state index in [4.69, 9.17) is 10.8 Å². The van der Waals surface area contributed by atoms with Gasteiger partial charge in [-0.1, -0.05) is 0 Å². The van der Waals surface area contributed by atoms with Gasteiger partial charge in [0.1, 0.15) is 18.1 Å². The number of carboxylic acid groups (broad SMARTS) is 1. The average molecular weight is 511 g/mol. The van der Waals surface area contributed by atoms with Gasteiger partial charge in [-0.3, -0.25) is 14.4 Å². The number of aromatic nitrogens is 4. The van der Waals surface area contributed by atoms with Crippen molar-refractivity contribution in [3.8, 4) is 0 Å². The number of hydrogen-bond donors (Lipinski definition) is 8. The summed E-state index contributed by atoms with van der Waals surface area (Å²) >= 11 is 1.43. The van der Waals surface area contributed by atoms with E-state index in [0.29, 0.717) is 17.1 Å². The zero-order valence-electron chi connectivity index (χ0n) is 19.1. The number of nitrogens with zero attached hydrogens (tertiary/aromatic N) is 2. The fourth-order valence-electron chi connectivity index (χ4n) is 3.06. The van der Waals surface area contributed by atoms with Crippen LogP contribution < -0.4 is 21.7 Å². The lowest BCUT2D eigenvalue weighted by molar-refractivity contribution is -0.143. The van der Waals surface area contributed by atoms with Crippen molar-refractivity contribution in [2.75, 3.05) is 18.6 Å². The zero-order chi connectivity index (χ0) is 25.8. The third-order valence-electron chi connectivity index (χ3n) is 4.98. The maximum Gasteiger partial charge on any atom is 0.328 e. The number of thioether (sulfide) groups is 1. The highest BCUT2D eigenvalue weighted by Gasteiger charge is 2.30. The van der Waals surface area contributed by atoms with E-state index in [0.717, 1.165) is 0 Å². The van der Waals surface area contributed by atoms with Crippen LogP contribution in [-0.2, 0) is 32.0 Å². The summed E-state index contributed by atoms with van der Waals surface area (Å²) < 4.78 is 0. The predicted molar refractivity (Wildman–Crippen MR) is 126 cm³/mol. The van der Waals surface area contributed by atoms with Crippen LogP contribution in [0.4, 0.5) is 0 Å². The van der Waals surface area contributed by atoms with E-state index >= 15 is 0 Å². The molecule has 14 nitrogen and oxygen atoms in total. The maximum atomic E-state index is 13.1.